The van der Waals surface area contributed by atoms with E-state index < -0.39 is 15.9 Å². The van der Waals surface area contributed by atoms with Gasteiger partial charge in [-0.3, -0.25) is 9.59 Å². The quantitative estimate of drug-likeness (QED) is 0.777. The van der Waals surface area contributed by atoms with Crippen molar-refractivity contribution in [1.29, 1.82) is 0 Å². The van der Waals surface area contributed by atoms with Gasteiger partial charge in [0.15, 0.2) is 0 Å². The number of benzene rings is 2. The van der Waals surface area contributed by atoms with Crippen LogP contribution in [0.25, 0.3) is 0 Å². The Bertz CT molecular complexity index is 1000. The summed E-state index contributed by atoms with van der Waals surface area (Å²) in [5.41, 5.74) is 3.23. The number of rotatable bonds is 6. The van der Waals surface area contributed by atoms with Crippen molar-refractivity contribution in [2.75, 3.05) is 23.3 Å². The Hall–Kier alpha value is -2.71. The maximum absolute atomic E-state index is 12.4. The average Bonchev–Trinajstić information content (AvgIpc) is 3.09. The Kier molecular flexibility index (Phi) is 5.81. The molecule has 0 aliphatic carbocycles. The predicted molar refractivity (Wildman–Crippen MR) is 108 cm³/mol. The number of anilines is 2. The van der Waals surface area contributed by atoms with E-state index in [1.54, 1.807) is 17.0 Å². The third-order valence-corrected chi connectivity index (χ3v) is 6.04. The molecule has 0 atom stereocenters. The maximum Gasteiger partial charge on any atom is 0.241 e. The second-order valence-corrected chi connectivity index (χ2v) is 8.60. The minimum atomic E-state index is -3.83. The van der Waals surface area contributed by atoms with Gasteiger partial charge >= 0.3 is 0 Å². The molecule has 0 radical (unpaired) electrons. The van der Waals surface area contributed by atoms with E-state index in [0.29, 0.717) is 24.3 Å². The molecule has 28 heavy (non-hydrogen) atoms. The maximum atomic E-state index is 12.4. The number of aryl methyl sites for hydroxylation is 2. The van der Waals surface area contributed by atoms with Gasteiger partial charge in [0.1, 0.15) is 0 Å². The van der Waals surface area contributed by atoms with Crippen LogP contribution in [-0.2, 0) is 19.6 Å². The average molecular weight is 401 g/mol. The van der Waals surface area contributed by atoms with Crippen LogP contribution in [0.4, 0.5) is 11.4 Å². The first-order valence-electron chi connectivity index (χ1n) is 9.03. The van der Waals surface area contributed by atoms with Crippen LogP contribution >= 0.6 is 0 Å². The van der Waals surface area contributed by atoms with Gasteiger partial charge in [0, 0.05) is 24.3 Å². The van der Waals surface area contributed by atoms with Crippen LogP contribution in [0.3, 0.4) is 0 Å². The molecular weight excluding hydrogens is 378 g/mol. The summed E-state index contributed by atoms with van der Waals surface area (Å²) in [5, 5.41) is 2.72. The van der Waals surface area contributed by atoms with Crippen molar-refractivity contribution >= 4 is 33.2 Å². The van der Waals surface area contributed by atoms with Gasteiger partial charge in [-0.1, -0.05) is 12.1 Å². The number of sulfonamides is 1. The number of amides is 2. The Balaban J connectivity index is 1.62. The number of carbonyl (C=O) groups excluding carboxylic acids is 2. The molecule has 2 N–H and O–H groups in total. The van der Waals surface area contributed by atoms with Crippen LogP contribution in [0.5, 0.6) is 0 Å². The molecule has 1 aliphatic heterocycles. The molecule has 1 fully saturated rings. The van der Waals surface area contributed by atoms with Crippen LogP contribution < -0.4 is 14.9 Å². The van der Waals surface area contributed by atoms with Crippen molar-refractivity contribution in [2.45, 2.75) is 31.6 Å². The lowest BCUT2D eigenvalue weighted by Gasteiger charge is -2.16. The fraction of sp³-hybridized carbons (Fsp3) is 0.300. The van der Waals surface area contributed by atoms with Crippen molar-refractivity contribution < 1.29 is 18.0 Å². The summed E-state index contributed by atoms with van der Waals surface area (Å²) in [6, 6.07) is 11.7. The highest BCUT2D eigenvalue weighted by molar-refractivity contribution is 7.89. The Labute approximate surface area is 164 Å². The van der Waals surface area contributed by atoms with Crippen LogP contribution in [0.2, 0.25) is 0 Å². The summed E-state index contributed by atoms with van der Waals surface area (Å²) in [7, 11) is -3.83. The first kappa shape index (κ1) is 20.0. The molecule has 2 amide bonds. The number of hydrogen-bond acceptors (Lipinski definition) is 4. The van der Waals surface area contributed by atoms with Crippen molar-refractivity contribution in [1.82, 2.24) is 4.72 Å². The monoisotopic (exact) mass is 401 g/mol. The molecule has 1 aliphatic rings. The summed E-state index contributed by atoms with van der Waals surface area (Å²) in [4.78, 5) is 25.6. The van der Waals surface area contributed by atoms with E-state index in [1.807, 2.05) is 32.0 Å². The number of nitrogens with one attached hydrogen (secondary N) is 2. The molecule has 1 heterocycles. The van der Waals surface area contributed by atoms with Gasteiger partial charge in [-0.25, -0.2) is 13.1 Å². The Morgan fingerprint density at radius 1 is 1.11 bits per heavy atom. The fourth-order valence-electron chi connectivity index (χ4n) is 3.04. The van der Waals surface area contributed by atoms with Gasteiger partial charge < -0.3 is 10.2 Å². The van der Waals surface area contributed by atoms with Crippen LogP contribution in [0.15, 0.2) is 47.4 Å². The second-order valence-electron chi connectivity index (χ2n) is 6.83. The first-order chi connectivity index (χ1) is 13.3. The predicted octanol–water partition coefficient (Wildman–Crippen LogP) is 2.35. The van der Waals surface area contributed by atoms with Gasteiger partial charge in [-0.2, -0.15) is 0 Å². The van der Waals surface area contributed by atoms with E-state index in [-0.39, 0.29) is 17.3 Å². The molecule has 0 saturated carbocycles. The zero-order valence-electron chi connectivity index (χ0n) is 15.9. The zero-order chi connectivity index (χ0) is 20.3. The lowest BCUT2D eigenvalue weighted by Crippen LogP contribution is -2.33. The van der Waals surface area contributed by atoms with Gasteiger partial charge in [0.25, 0.3) is 0 Å². The molecule has 3 rings (SSSR count). The minimum absolute atomic E-state index is 0.0387. The number of nitrogens with zero attached hydrogens (tertiary/aromatic N) is 1. The van der Waals surface area contributed by atoms with Crippen molar-refractivity contribution in [3.05, 3.63) is 53.6 Å². The lowest BCUT2D eigenvalue weighted by atomic mass is 10.1. The van der Waals surface area contributed by atoms with Crippen molar-refractivity contribution in [3.63, 3.8) is 0 Å². The highest BCUT2D eigenvalue weighted by Crippen LogP contribution is 2.23. The molecule has 0 unspecified atom stereocenters. The first-order valence-corrected chi connectivity index (χ1v) is 10.5. The van der Waals surface area contributed by atoms with Gasteiger partial charge in [-0.05, 0) is 61.7 Å². The zero-order valence-corrected chi connectivity index (χ0v) is 16.7. The van der Waals surface area contributed by atoms with Crippen LogP contribution in [0.1, 0.15) is 24.0 Å². The Morgan fingerprint density at radius 3 is 2.46 bits per heavy atom. The minimum Gasteiger partial charge on any atom is -0.325 e. The second kappa shape index (κ2) is 8.12. The largest absolute Gasteiger partial charge is 0.325 e. The van der Waals surface area contributed by atoms with Gasteiger partial charge in [0.2, 0.25) is 21.8 Å². The van der Waals surface area contributed by atoms with Crippen molar-refractivity contribution in [3.8, 4) is 0 Å². The topological polar surface area (TPSA) is 95.6 Å². The normalized spacial score (nSPS) is 14.4. The highest BCUT2D eigenvalue weighted by Gasteiger charge is 2.22. The van der Waals surface area contributed by atoms with Crippen LogP contribution in [0, 0.1) is 13.8 Å². The van der Waals surface area contributed by atoms with E-state index >= 15 is 0 Å². The lowest BCUT2D eigenvalue weighted by molar-refractivity contribution is -0.117. The number of hydrogen-bond donors (Lipinski definition) is 2. The standard InChI is InChI=1S/C20H23N3O4S/c1-14-5-6-15(2)18(12-14)22-19(24)13-21-28(26,27)17-9-7-16(8-10-17)23-11-3-4-20(23)25/h5-10,12,21H,3-4,11,13H2,1-2H3,(H,22,24). The third-order valence-electron chi connectivity index (χ3n) is 4.62. The van der Waals surface area contributed by atoms with E-state index in [2.05, 4.69) is 10.0 Å². The summed E-state index contributed by atoms with van der Waals surface area (Å²) in [5.74, 6) is -0.409. The van der Waals surface area contributed by atoms with Gasteiger partial charge in [0.05, 0.1) is 11.4 Å². The summed E-state index contributed by atoms with van der Waals surface area (Å²) >= 11 is 0. The summed E-state index contributed by atoms with van der Waals surface area (Å²) in [6.07, 6.45) is 1.31. The molecule has 2 aromatic carbocycles. The van der Waals surface area contributed by atoms with E-state index in [0.717, 1.165) is 17.5 Å². The van der Waals surface area contributed by atoms with Gasteiger partial charge in [-0.15, -0.1) is 0 Å². The summed E-state index contributed by atoms with van der Waals surface area (Å²) in [6.45, 7) is 4.05. The van der Waals surface area contributed by atoms with E-state index in [4.69, 9.17) is 0 Å². The number of carbonyl (C=O) groups is 2. The highest BCUT2D eigenvalue weighted by atomic mass is 32.2. The third kappa shape index (κ3) is 4.58. The van der Waals surface area contributed by atoms with Crippen molar-refractivity contribution in [2.24, 2.45) is 0 Å². The molecule has 8 heteroatoms. The molecule has 0 aromatic heterocycles. The Morgan fingerprint density at radius 2 is 1.82 bits per heavy atom. The molecular formula is C20H23N3O4S. The molecule has 0 bridgehead atoms. The molecule has 148 valence electrons. The molecule has 2 aromatic rings. The molecule has 1 saturated heterocycles. The van der Waals surface area contributed by atoms with E-state index in [9.17, 15) is 18.0 Å². The molecule has 7 nitrogen and oxygen atoms in total. The van der Waals surface area contributed by atoms with Crippen LogP contribution in [-0.4, -0.2) is 33.3 Å². The summed E-state index contributed by atoms with van der Waals surface area (Å²) < 4.78 is 27.2. The smallest absolute Gasteiger partial charge is 0.241 e. The SMILES string of the molecule is Cc1ccc(C)c(NC(=O)CNS(=O)(=O)c2ccc(N3CCCC3=O)cc2)c1. The fourth-order valence-corrected chi connectivity index (χ4v) is 4.02. The molecule has 0 spiro atoms. The van der Waals surface area contributed by atoms with E-state index in [1.165, 1.54) is 12.1 Å².